The van der Waals surface area contributed by atoms with Crippen LogP contribution in [0.2, 0.25) is 0 Å². The zero-order valence-electron chi connectivity index (χ0n) is 15.3. The van der Waals surface area contributed by atoms with Crippen LogP contribution in [0.15, 0.2) is 40.9 Å². The first-order valence-electron chi connectivity index (χ1n) is 9.27. The lowest BCUT2D eigenvalue weighted by atomic mass is 9.99. The quantitative estimate of drug-likeness (QED) is 0.825. The van der Waals surface area contributed by atoms with E-state index < -0.39 is 0 Å². The molecule has 1 N–H and O–H groups in total. The van der Waals surface area contributed by atoms with Gasteiger partial charge in [-0.25, -0.2) is 0 Å². The first kappa shape index (κ1) is 18.6. The molecule has 26 heavy (non-hydrogen) atoms. The van der Waals surface area contributed by atoms with Gasteiger partial charge in [0.05, 0.1) is 6.54 Å². The van der Waals surface area contributed by atoms with Gasteiger partial charge in [-0.05, 0) is 38.3 Å². The van der Waals surface area contributed by atoms with E-state index in [-0.39, 0.29) is 18.6 Å². The predicted octanol–water partition coefficient (Wildman–Crippen LogP) is 2.68. The number of aromatic nitrogens is 1. The molecule has 6 heteroatoms. The number of likely N-dealkylation sites (tertiary alicyclic amines) is 1. The molecule has 1 atom stereocenters. The zero-order valence-corrected chi connectivity index (χ0v) is 15.3. The van der Waals surface area contributed by atoms with Crippen LogP contribution in [0.4, 0.5) is 0 Å². The van der Waals surface area contributed by atoms with Crippen molar-refractivity contribution in [1.82, 2.24) is 15.0 Å². The molecule has 0 saturated carbocycles. The van der Waals surface area contributed by atoms with E-state index in [4.69, 9.17) is 4.52 Å². The van der Waals surface area contributed by atoms with Gasteiger partial charge in [0.15, 0.2) is 11.5 Å². The number of aliphatic hydroxyl groups excluding tert-OH is 1. The highest BCUT2D eigenvalue weighted by atomic mass is 16.5. The molecular weight excluding hydrogens is 330 g/mol. The van der Waals surface area contributed by atoms with Crippen LogP contribution in [0.1, 0.15) is 47.5 Å². The number of benzene rings is 1. The number of carbonyl (C=O) groups excluding carboxylic acids is 1. The lowest BCUT2D eigenvalue weighted by Gasteiger charge is -2.35. The van der Waals surface area contributed by atoms with E-state index in [0.29, 0.717) is 24.4 Å². The average Bonchev–Trinajstić information content (AvgIpc) is 3.11. The summed E-state index contributed by atoms with van der Waals surface area (Å²) in [5.41, 5.74) is 1.59. The summed E-state index contributed by atoms with van der Waals surface area (Å²) >= 11 is 0. The molecule has 0 radical (unpaired) electrons. The summed E-state index contributed by atoms with van der Waals surface area (Å²) in [5.74, 6) is 0.589. The monoisotopic (exact) mass is 357 g/mol. The van der Waals surface area contributed by atoms with Gasteiger partial charge in [-0.3, -0.25) is 9.69 Å². The Bertz CT molecular complexity index is 699. The molecule has 0 aliphatic carbocycles. The molecule has 1 amide bonds. The Morgan fingerprint density at radius 1 is 1.31 bits per heavy atom. The average molecular weight is 357 g/mol. The van der Waals surface area contributed by atoms with Crippen molar-refractivity contribution in [3.05, 3.63) is 53.4 Å². The van der Waals surface area contributed by atoms with Gasteiger partial charge < -0.3 is 14.5 Å². The highest BCUT2D eigenvalue weighted by Gasteiger charge is 2.29. The Kier molecular flexibility index (Phi) is 6.41. The SMILES string of the molecule is CN(Cc1ccccc1)Cc1cc(C(=O)N2CCCC[C@H]2CCO)no1. The third-order valence-electron chi connectivity index (χ3n) is 4.85. The standard InChI is InChI=1S/C20H27N3O3/c1-22(14-16-7-3-2-4-8-16)15-18-13-19(21-26-18)20(25)23-11-6-5-9-17(23)10-12-24/h2-4,7-8,13,17,24H,5-6,9-12,14-15H2,1H3/t17-/m0/s1. The zero-order chi connectivity index (χ0) is 18.4. The summed E-state index contributed by atoms with van der Waals surface area (Å²) in [7, 11) is 2.01. The number of carbonyl (C=O) groups is 1. The molecule has 1 saturated heterocycles. The van der Waals surface area contributed by atoms with E-state index in [1.54, 1.807) is 6.07 Å². The molecule has 3 rings (SSSR count). The Hall–Kier alpha value is -2.18. The van der Waals surface area contributed by atoms with Gasteiger partial charge in [-0.1, -0.05) is 35.5 Å². The van der Waals surface area contributed by atoms with Crippen LogP contribution in [-0.4, -0.2) is 52.2 Å². The van der Waals surface area contributed by atoms with Gasteiger partial charge in [-0.15, -0.1) is 0 Å². The fourth-order valence-corrected chi connectivity index (χ4v) is 3.57. The Balaban J connectivity index is 1.60. The number of amides is 1. The van der Waals surface area contributed by atoms with Gasteiger partial charge in [0, 0.05) is 31.8 Å². The third-order valence-corrected chi connectivity index (χ3v) is 4.85. The van der Waals surface area contributed by atoms with Gasteiger partial charge in [0.1, 0.15) is 0 Å². The molecule has 2 aromatic rings. The maximum absolute atomic E-state index is 12.8. The van der Waals surface area contributed by atoms with Crippen LogP contribution in [0.3, 0.4) is 0 Å². The van der Waals surface area contributed by atoms with E-state index in [0.717, 1.165) is 32.4 Å². The molecule has 1 fully saturated rings. The fourth-order valence-electron chi connectivity index (χ4n) is 3.57. The minimum Gasteiger partial charge on any atom is -0.396 e. The minimum absolute atomic E-state index is 0.0936. The summed E-state index contributed by atoms with van der Waals surface area (Å²) in [6.45, 7) is 2.22. The molecule has 0 unspecified atom stereocenters. The number of nitrogens with zero attached hydrogens (tertiary/aromatic N) is 3. The summed E-state index contributed by atoms with van der Waals surface area (Å²) in [6.07, 6.45) is 3.66. The van der Waals surface area contributed by atoms with Crippen LogP contribution in [-0.2, 0) is 13.1 Å². The topological polar surface area (TPSA) is 69.8 Å². The molecule has 1 aliphatic heterocycles. The van der Waals surface area contributed by atoms with Crippen LogP contribution < -0.4 is 0 Å². The largest absolute Gasteiger partial charge is 0.396 e. The molecule has 0 bridgehead atoms. The van der Waals surface area contributed by atoms with Crippen LogP contribution in [0, 0.1) is 0 Å². The summed E-state index contributed by atoms with van der Waals surface area (Å²) in [4.78, 5) is 16.8. The number of rotatable bonds is 7. The Morgan fingerprint density at radius 2 is 2.12 bits per heavy atom. The predicted molar refractivity (Wildman–Crippen MR) is 98.5 cm³/mol. The van der Waals surface area contributed by atoms with Gasteiger partial charge >= 0.3 is 0 Å². The molecule has 0 spiro atoms. The first-order valence-corrected chi connectivity index (χ1v) is 9.27. The highest BCUT2D eigenvalue weighted by Crippen LogP contribution is 2.22. The maximum Gasteiger partial charge on any atom is 0.276 e. The molecule has 1 aromatic carbocycles. The van der Waals surface area contributed by atoms with E-state index in [9.17, 15) is 9.90 Å². The third kappa shape index (κ3) is 4.71. The second-order valence-electron chi connectivity index (χ2n) is 7.00. The molecule has 1 aliphatic rings. The van der Waals surface area contributed by atoms with Crippen molar-refractivity contribution in [2.45, 2.75) is 44.8 Å². The van der Waals surface area contributed by atoms with E-state index >= 15 is 0 Å². The fraction of sp³-hybridized carbons (Fsp3) is 0.500. The van der Waals surface area contributed by atoms with Gasteiger partial charge in [0.2, 0.25) is 0 Å². The summed E-state index contributed by atoms with van der Waals surface area (Å²) in [5, 5.41) is 13.2. The maximum atomic E-state index is 12.8. The number of aliphatic hydroxyl groups is 1. The van der Waals surface area contributed by atoms with Crippen molar-refractivity contribution in [2.24, 2.45) is 0 Å². The van der Waals surface area contributed by atoms with Crippen molar-refractivity contribution in [3.8, 4) is 0 Å². The second-order valence-corrected chi connectivity index (χ2v) is 7.00. The van der Waals surface area contributed by atoms with Crippen molar-refractivity contribution in [1.29, 1.82) is 0 Å². The smallest absolute Gasteiger partial charge is 0.276 e. The van der Waals surface area contributed by atoms with E-state index in [1.807, 2.05) is 30.1 Å². The van der Waals surface area contributed by atoms with Crippen LogP contribution >= 0.6 is 0 Å². The van der Waals surface area contributed by atoms with E-state index in [1.165, 1.54) is 5.56 Å². The summed E-state index contributed by atoms with van der Waals surface area (Å²) in [6, 6.07) is 12.1. The molecule has 2 heterocycles. The first-order chi connectivity index (χ1) is 12.7. The Morgan fingerprint density at radius 3 is 2.88 bits per heavy atom. The summed E-state index contributed by atoms with van der Waals surface area (Å²) < 4.78 is 5.39. The van der Waals surface area contributed by atoms with Crippen LogP contribution in [0.5, 0.6) is 0 Å². The number of hydrogen-bond acceptors (Lipinski definition) is 5. The second kappa shape index (κ2) is 8.96. The van der Waals surface area contributed by atoms with Crippen molar-refractivity contribution < 1.29 is 14.4 Å². The lowest BCUT2D eigenvalue weighted by molar-refractivity contribution is 0.0564. The van der Waals surface area contributed by atoms with Crippen molar-refractivity contribution >= 4 is 5.91 Å². The van der Waals surface area contributed by atoms with Crippen molar-refractivity contribution in [3.63, 3.8) is 0 Å². The molecule has 140 valence electrons. The molecular formula is C20H27N3O3. The van der Waals surface area contributed by atoms with Gasteiger partial charge in [0.25, 0.3) is 5.91 Å². The van der Waals surface area contributed by atoms with Gasteiger partial charge in [-0.2, -0.15) is 0 Å². The molecule has 6 nitrogen and oxygen atoms in total. The number of piperidine rings is 1. The normalized spacial score (nSPS) is 17.7. The lowest BCUT2D eigenvalue weighted by Crippen LogP contribution is -2.44. The molecule has 1 aromatic heterocycles. The Labute approximate surface area is 154 Å². The minimum atomic E-state index is -0.0936. The van der Waals surface area contributed by atoms with Crippen molar-refractivity contribution in [2.75, 3.05) is 20.2 Å². The highest BCUT2D eigenvalue weighted by molar-refractivity contribution is 5.92. The number of hydrogen-bond donors (Lipinski definition) is 1. The van der Waals surface area contributed by atoms with Crippen LogP contribution in [0.25, 0.3) is 0 Å². The van der Waals surface area contributed by atoms with E-state index in [2.05, 4.69) is 22.2 Å².